The zero-order valence-corrected chi connectivity index (χ0v) is 21.7. The monoisotopic (exact) mass is 514 g/mol. The van der Waals surface area contributed by atoms with Gasteiger partial charge in [-0.2, -0.15) is 0 Å². The summed E-state index contributed by atoms with van der Waals surface area (Å²) in [6.45, 7) is 8.66. The van der Waals surface area contributed by atoms with E-state index in [0.717, 1.165) is 0 Å². The maximum absolute atomic E-state index is 13.2. The lowest BCUT2D eigenvalue weighted by Gasteiger charge is -2.28. The molecule has 0 aromatic carbocycles. The summed E-state index contributed by atoms with van der Waals surface area (Å²) in [5, 5.41) is 26.0. The number of rotatable bonds is 17. The molecule has 0 fully saturated rings. The first-order valence-electron chi connectivity index (χ1n) is 12.1. The molecule has 3 amide bonds. The molecule has 0 aliphatic rings. The second-order valence-electron chi connectivity index (χ2n) is 9.28. The molecule has 0 spiro atoms. The minimum absolute atomic E-state index is 0.109. The summed E-state index contributed by atoms with van der Waals surface area (Å²) in [7, 11) is 0. The van der Waals surface area contributed by atoms with E-state index >= 15 is 0 Å². The van der Waals surface area contributed by atoms with Gasteiger partial charge in [0.15, 0.2) is 5.96 Å². The number of nitrogens with zero attached hydrogens (tertiary/aromatic N) is 1. The molecule has 0 heterocycles. The van der Waals surface area contributed by atoms with Crippen LogP contribution in [0.25, 0.3) is 0 Å². The second kappa shape index (κ2) is 16.3. The fourth-order valence-corrected chi connectivity index (χ4v) is 3.27. The zero-order chi connectivity index (χ0) is 28.0. The number of amides is 3. The number of nitrogens with two attached hydrogens (primary N) is 2. The van der Waals surface area contributed by atoms with Crippen molar-refractivity contribution < 1.29 is 34.2 Å². The van der Waals surface area contributed by atoms with Gasteiger partial charge in [-0.3, -0.25) is 24.2 Å². The van der Waals surface area contributed by atoms with Crippen molar-refractivity contribution in [2.24, 2.45) is 34.2 Å². The summed E-state index contributed by atoms with van der Waals surface area (Å²) in [5.41, 5.74) is 10.6. The number of aliphatic carboxylic acids is 2. The average Bonchev–Trinajstić information content (AvgIpc) is 2.79. The number of carboxylic acids is 2. The van der Waals surface area contributed by atoms with Gasteiger partial charge in [0, 0.05) is 18.9 Å². The minimum Gasteiger partial charge on any atom is -0.481 e. The van der Waals surface area contributed by atoms with Crippen LogP contribution in [0.2, 0.25) is 0 Å². The number of hydrogen-bond acceptors (Lipinski definition) is 6. The maximum atomic E-state index is 13.2. The number of carboxylic acid groups (broad SMARTS) is 2. The Balaban J connectivity index is 5.65. The molecule has 9 N–H and O–H groups in total. The number of guanidine groups is 1. The summed E-state index contributed by atoms with van der Waals surface area (Å²) in [6, 6.07) is -3.24. The third kappa shape index (κ3) is 12.4. The lowest BCUT2D eigenvalue weighted by Crippen LogP contribution is -2.58. The quantitative estimate of drug-likeness (QED) is 0.0772. The van der Waals surface area contributed by atoms with Crippen LogP contribution in [0.4, 0.5) is 0 Å². The molecule has 0 aromatic heterocycles. The highest BCUT2D eigenvalue weighted by molar-refractivity contribution is 5.93. The first kappa shape index (κ1) is 32.6. The third-order valence-electron chi connectivity index (χ3n) is 5.84. The van der Waals surface area contributed by atoms with Gasteiger partial charge in [-0.15, -0.1) is 0 Å². The predicted octanol–water partition coefficient (Wildman–Crippen LogP) is -0.218. The van der Waals surface area contributed by atoms with E-state index in [1.807, 2.05) is 6.92 Å². The van der Waals surface area contributed by atoms with Crippen LogP contribution in [-0.4, -0.2) is 70.5 Å². The van der Waals surface area contributed by atoms with E-state index in [9.17, 15) is 29.1 Å². The Kier molecular flexibility index (Phi) is 14.8. The van der Waals surface area contributed by atoms with Gasteiger partial charge in [0.05, 0.1) is 0 Å². The normalized spacial score (nSPS) is 15.1. The third-order valence-corrected chi connectivity index (χ3v) is 5.84. The second-order valence-corrected chi connectivity index (χ2v) is 9.28. The molecule has 36 heavy (non-hydrogen) atoms. The Morgan fingerprint density at radius 1 is 0.833 bits per heavy atom. The van der Waals surface area contributed by atoms with E-state index in [1.54, 1.807) is 27.7 Å². The van der Waals surface area contributed by atoms with Gasteiger partial charge in [0.1, 0.15) is 18.1 Å². The van der Waals surface area contributed by atoms with Crippen LogP contribution < -0.4 is 27.4 Å². The molecule has 0 aliphatic heterocycles. The number of carbonyl (C=O) groups is 5. The summed E-state index contributed by atoms with van der Waals surface area (Å²) in [5.74, 6) is -5.46. The number of aliphatic imine (C=N–C) groups is 1. The molecule has 13 nitrogen and oxygen atoms in total. The Bertz CT molecular complexity index is 798. The van der Waals surface area contributed by atoms with E-state index in [4.69, 9.17) is 16.6 Å². The van der Waals surface area contributed by atoms with Gasteiger partial charge in [-0.05, 0) is 31.1 Å². The molecule has 0 saturated carbocycles. The van der Waals surface area contributed by atoms with E-state index in [-0.39, 0.29) is 37.7 Å². The van der Waals surface area contributed by atoms with Gasteiger partial charge in [-0.25, -0.2) is 4.79 Å². The first-order valence-corrected chi connectivity index (χ1v) is 12.1. The molecule has 0 radical (unpaired) electrons. The highest BCUT2D eigenvalue weighted by Crippen LogP contribution is 2.13. The van der Waals surface area contributed by atoms with Crippen LogP contribution >= 0.6 is 0 Å². The molecule has 0 saturated heterocycles. The molecule has 0 bridgehead atoms. The van der Waals surface area contributed by atoms with Gasteiger partial charge < -0.3 is 37.6 Å². The van der Waals surface area contributed by atoms with Gasteiger partial charge in [-0.1, -0.05) is 41.0 Å². The Labute approximate surface area is 211 Å². The van der Waals surface area contributed by atoms with Crippen molar-refractivity contribution in [1.29, 1.82) is 0 Å². The highest BCUT2D eigenvalue weighted by atomic mass is 16.4. The molecule has 0 aliphatic carbocycles. The van der Waals surface area contributed by atoms with Crippen molar-refractivity contribution in [2.75, 3.05) is 6.54 Å². The number of carbonyl (C=O) groups excluding carboxylic acids is 3. The van der Waals surface area contributed by atoms with Gasteiger partial charge in [0.2, 0.25) is 17.7 Å². The smallest absolute Gasteiger partial charge is 0.326 e. The Morgan fingerprint density at radius 3 is 1.89 bits per heavy atom. The molecular weight excluding hydrogens is 472 g/mol. The van der Waals surface area contributed by atoms with Crippen molar-refractivity contribution in [3.63, 3.8) is 0 Å². The number of nitrogens with one attached hydrogen (secondary N) is 3. The predicted molar refractivity (Wildman–Crippen MR) is 134 cm³/mol. The van der Waals surface area contributed by atoms with Crippen LogP contribution in [0, 0.1) is 17.8 Å². The molecule has 13 heteroatoms. The van der Waals surface area contributed by atoms with E-state index in [0.29, 0.717) is 12.8 Å². The minimum atomic E-state index is -1.20. The molecular formula is C23H42N6O7. The molecule has 0 rings (SSSR count). The van der Waals surface area contributed by atoms with Crippen molar-refractivity contribution in [3.05, 3.63) is 0 Å². The molecule has 5 atom stereocenters. The summed E-state index contributed by atoms with van der Waals surface area (Å²) < 4.78 is 0. The Hall–Kier alpha value is -3.38. The van der Waals surface area contributed by atoms with Crippen LogP contribution in [0.5, 0.6) is 0 Å². The van der Waals surface area contributed by atoms with Gasteiger partial charge in [0.25, 0.3) is 0 Å². The summed E-state index contributed by atoms with van der Waals surface area (Å²) in [6.07, 6.45) is 0.903. The van der Waals surface area contributed by atoms with Crippen LogP contribution in [0.3, 0.4) is 0 Å². The molecule has 5 unspecified atom stereocenters. The summed E-state index contributed by atoms with van der Waals surface area (Å²) >= 11 is 0. The van der Waals surface area contributed by atoms with Gasteiger partial charge >= 0.3 is 11.9 Å². The van der Waals surface area contributed by atoms with Crippen LogP contribution in [-0.2, 0) is 24.0 Å². The number of hydrogen-bond donors (Lipinski definition) is 7. The summed E-state index contributed by atoms with van der Waals surface area (Å²) in [4.78, 5) is 65.0. The average molecular weight is 515 g/mol. The van der Waals surface area contributed by atoms with Crippen molar-refractivity contribution in [2.45, 2.75) is 84.8 Å². The van der Waals surface area contributed by atoms with E-state index < -0.39 is 59.6 Å². The van der Waals surface area contributed by atoms with E-state index in [2.05, 4.69) is 20.9 Å². The largest absolute Gasteiger partial charge is 0.481 e. The van der Waals surface area contributed by atoms with E-state index in [1.165, 1.54) is 0 Å². The van der Waals surface area contributed by atoms with Crippen LogP contribution in [0.15, 0.2) is 4.99 Å². The fraction of sp³-hybridized carbons (Fsp3) is 0.739. The lowest BCUT2D eigenvalue weighted by atomic mass is 9.96. The zero-order valence-electron chi connectivity index (χ0n) is 21.7. The van der Waals surface area contributed by atoms with Crippen LogP contribution in [0.1, 0.15) is 66.7 Å². The van der Waals surface area contributed by atoms with Crippen molar-refractivity contribution in [3.8, 4) is 0 Å². The maximum Gasteiger partial charge on any atom is 0.326 e. The molecule has 206 valence electrons. The standard InChI is InChI=1S/C23H42N6O7/c1-6-13(4)18(29-19(32)14(5)9-10-16(30)31)21(34)27-15(8-7-11-26-23(24)25)20(33)28-17(12(2)3)22(35)36/h12-15,17-18H,6-11H2,1-5H3,(H,27,34)(H,28,33)(H,29,32)(H,30,31)(H,35,36)(H4,24,25,26). The van der Waals surface area contributed by atoms with Crippen molar-refractivity contribution >= 4 is 35.6 Å². The lowest BCUT2D eigenvalue weighted by molar-refractivity contribution is -0.143. The van der Waals surface area contributed by atoms with Crippen molar-refractivity contribution in [1.82, 2.24) is 16.0 Å². The first-order chi connectivity index (χ1) is 16.7. The Morgan fingerprint density at radius 2 is 1.42 bits per heavy atom. The fourth-order valence-electron chi connectivity index (χ4n) is 3.27. The molecule has 0 aromatic rings. The highest BCUT2D eigenvalue weighted by Gasteiger charge is 2.32. The topological polar surface area (TPSA) is 226 Å². The SMILES string of the molecule is CCC(C)C(NC(=O)C(C)CCC(=O)O)C(=O)NC(CCCN=C(N)N)C(=O)NC(C(=O)O)C(C)C.